The van der Waals surface area contributed by atoms with Gasteiger partial charge in [0.1, 0.15) is 0 Å². The lowest BCUT2D eigenvalue weighted by Gasteiger charge is -1.91. The normalized spacial score (nSPS) is 10.5. The average Bonchev–Trinajstić information content (AvgIpc) is 3.04. The van der Waals surface area contributed by atoms with Crippen molar-refractivity contribution in [1.29, 1.82) is 0 Å². The Morgan fingerprint density at radius 2 is 1.85 bits per heavy atom. The van der Waals surface area contributed by atoms with Gasteiger partial charge in [-0.15, -0.1) is 0 Å². The van der Waals surface area contributed by atoms with Gasteiger partial charge in [-0.3, -0.25) is 9.97 Å². The second kappa shape index (κ2) is 5.17. The molecule has 0 aliphatic carbocycles. The average molecular weight is 264 g/mol. The van der Waals surface area contributed by atoms with Crippen LogP contribution in [0, 0.1) is 13.8 Å². The first-order valence-electron chi connectivity index (χ1n) is 6.52. The van der Waals surface area contributed by atoms with E-state index in [0.29, 0.717) is 0 Å². The molecule has 0 aliphatic rings. The van der Waals surface area contributed by atoms with Gasteiger partial charge in [-0.1, -0.05) is 0 Å². The Bertz CT molecular complexity index is 808. The first-order chi connectivity index (χ1) is 9.74. The van der Waals surface area contributed by atoms with Crippen molar-refractivity contribution in [3.8, 4) is 0 Å². The van der Waals surface area contributed by atoms with E-state index in [4.69, 9.17) is 0 Å². The van der Waals surface area contributed by atoms with Gasteiger partial charge in [0.15, 0.2) is 0 Å². The van der Waals surface area contributed by atoms with Gasteiger partial charge in [-0.25, -0.2) is 0 Å². The highest BCUT2D eigenvalue weighted by Crippen LogP contribution is 2.13. The van der Waals surface area contributed by atoms with Crippen molar-refractivity contribution >= 4 is 21.8 Å². The second-order valence-electron chi connectivity index (χ2n) is 4.75. The third-order valence-corrected chi connectivity index (χ3v) is 3.23. The molecule has 4 nitrogen and oxygen atoms in total. The summed E-state index contributed by atoms with van der Waals surface area (Å²) in [4.78, 5) is 14.5. The molecular formula is C16H16N4. The first-order valence-corrected chi connectivity index (χ1v) is 6.52. The molecule has 4 heterocycles. The molecule has 4 rings (SSSR count). The fourth-order valence-corrected chi connectivity index (χ4v) is 2.25. The summed E-state index contributed by atoms with van der Waals surface area (Å²) < 4.78 is 0. The SMILES string of the molecule is Cc1cc2cnccc2[nH]1.Cc1nccc2[nH]ccc12. The lowest BCUT2D eigenvalue weighted by Crippen LogP contribution is -1.78. The lowest BCUT2D eigenvalue weighted by molar-refractivity contribution is 1.24. The van der Waals surface area contributed by atoms with E-state index >= 15 is 0 Å². The minimum Gasteiger partial charge on any atom is -0.361 e. The number of aromatic nitrogens is 4. The summed E-state index contributed by atoms with van der Waals surface area (Å²) in [7, 11) is 0. The van der Waals surface area contributed by atoms with Crippen LogP contribution in [0.4, 0.5) is 0 Å². The molecule has 0 aliphatic heterocycles. The highest BCUT2D eigenvalue weighted by molar-refractivity contribution is 5.81. The molecule has 2 N–H and O–H groups in total. The number of aryl methyl sites for hydroxylation is 2. The molecule has 0 fully saturated rings. The van der Waals surface area contributed by atoms with Gasteiger partial charge in [0.05, 0.1) is 0 Å². The molecule has 0 atom stereocenters. The number of hydrogen-bond donors (Lipinski definition) is 2. The van der Waals surface area contributed by atoms with E-state index in [9.17, 15) is 0 Å². The van der Waals surface area contributed by atoms with E-state index in [1.807, 2.05) is 50.6 Å². The molecule has 4 aromatic rings. The Labute approximate surface area is 116 Å². The molecule has 4 heteroatoms. The Morgan fingerprint density at radius 1 is 1.00 bits per heavy atom. The zero-order valence-corrected chi connectivity index (χ0v) is 11.5. The topological polar surface area (TPSA) is 57.4 Å². The summed E-state index contributed by atoms with van der Waals surface area (Å²) in [6, 6.07) is 8.07. The summed E-state index contributed by atoms with van der Waals surface area (Å²) in [5, 5.41) is 2.39. The summed E-state index contributed by atoms with van der Waals surface area (Å²) in [6.07, 6.45) is 7.39. The van der Waals surface area contributed by atoms with E-state index in [2.05, 4.69) is 26.0 Å². The van der Waals surface area contributed by atoms with Crippen LogP contribution in [0.1, 0.15) is 11.4 Å². The zero-order chi connectivity index (χ0) is 13.9. The van der Waals surface area contributed by atoms with Crippen LogP contribution in [0.15, 0.2) is 49.1 Å². The van der Waals surface area contributed by atoms with Crippen LogP contribution >= 0.6 is 0 Å². The maximum absolute atomic E-state index is 4.16. The molecule has 0 aromatic carbocycles. The predicted octanol–water partition coefficient (Wildman–Crippen LogP) is 3.74. The van der Waals surface area contributed by atoms with E-state index in [1.54, 1.807) is 6.20 Å². The fraction of sp³-hybridized carbons (Fsp3) is 0.125. The third-order valence-electron chi connectivity index (χ3n) is 3.23. The monoisotopic (exact) mass is 264 g/mol. The van der Waals surface area contributed by atoms with Gasteiger partial charge in [0.2, 0.25) is 0 Å². The van der Waals surface area contributed by atoms with Gasteiger partial charge >= 0.3 is 0 Å². The number of hydrogen-bond acceptors (Lipinski definition) is 2. The largest absolute Gasteiger partial charge is 0.361 e. The van der Waals surface area contributed by atoms with Crippen molar-refractivity contribution in [1.82, 2.24) is 19.9 Å². The van der Waals surface area contributed by atoms with Crippen LogP contribution in [-0.4, -0.2) is 19.9 Å². The number of aromatic amines is 2. The van der Waals surface area contributed by atoms with Gasteiger partial charge < -0.3 is 9.97 Å². The van der Waals surface area contributed by atoms with Gasteiger partial charge in [0.25, 0.3) is 0 Å². The van der Waals surface area contributed by atoms with Crippen molar-refractivity contribution in [2.75, 3.05) is 0 Å². The van der Waals surface area contributed by atoms with Crippen LogP contribution < -0.4 is 0 Å². The number of nitrogens with one attached hydrogen (secondary N) is 2. The van der Waals surface area contributed by atoms with Crippen LogP contribution in [0.2, 0.25) is 0 Å². The lowest BCUT2D eigenvalue weighted by atomic mass is 10.2. The van der Waals surface area contributed by atoms with Crippen molar-refractivity contribution < 1.29 is 0 Å². The molecule has 100 valence electrons. The quantitative estimate of drug-likeness (QED) is 0.508. The molecule has 0 spiro atoms. The summed E-state index contributed by atoms with van der Waals surface area (Å²) >= 11 is 0. The first kappa shape index (κ1) is 12.4. The van der Waals surface area contributed by atoms with Gasteiger partial charge in [-0.05, 0) is 38.1 Å². The maximum atomic E-state index is 4.16. The van der Waals surface area contributed by atoms with Crippen molar-refractivity contribution in [3.63, 3.8) is 0 Å². The molecule has 0 bridgehead atoms. The van der Waals surface area contributed by atoms with Crippen LogP contribution in [0.25, 0.3) is 21.8 Å². The highest BCUT2D eigenvalue weighted by atomic mass is 14.7. The smallest absolute Gasteiger partial charge is 0.0487 e. The van der Waals surface area contributed by atoms with E-state index in [0.717, 1.165) is 16.7 Å². The van der Waals surface area contributed by atoms with Crippen LogP contribution in [0.3, 0.4) is 0 Å². The van der Waals surface area contributed by atoms with E-state index in [-0.39, 0.29) is 0 Å². The summed E-state index contributed by atoms with van der Waals surface area (Å²) in [5.41, 5.74) is 4.58. The Hall–Kier alpha value is -2.62. The molecule has 0 amide bonds. The molecule has 4 aromatic heterocycles. The molecule has 0 unspecified atom stereocenters. The Kier molecular flexibility index (Phi) is 3.21. The minimum absolute atomic E-state index is 1.08. The van der Waals surface area contributed by atoms with E-state index in [1.165, 1.54) is 16.5 Å². The Balaban J connectivity index is 0.000000121. The standard InChI is InChI=1S/2C8H8N2/c1-6-7-2-4-10-8(7)3-5-9-6;1-6-4-7-5-9-3-2-8(7)10-6/h2*2-5,10H,1H3. The van der Waals surface area contributed by atoms with Crippen molar-refractivity contribution in [2.24, 2.45) is 0 Å². The van der Waals surface area contributed by atoms with E-state index < -0.39 is 0 Å². The Morgan fingerprint density at radius 3 is 2.65 bits per heavy atom. The maximum Gasteiger partial charge on any atom is 0.0487 e. The molecule has 0 saturated heterocycles. The molecule has 20 heavy (non-hydrogen) atoms. The summed E-state index contributed by atoms with van der Waals surface area (Å²) in [5.74, 6) is 0. The zero-order valence-electron chi connectivity index (χ0n) is 11.5. The summed E-state index contributed by atoms with van der Waals surface area (Å²) in [6.45, 7) is 4.05. The number of nitrogens with zero attached hydrogens (tertiary/aromatic N) is 2. The van der Waals surface area contributed by atoms with Crippen molar-refractivity contribution in [2.45, 2.75) is 13.8 Å². The minimum atomic E-state index is 1.08. The number of rotatable bonds is 0. The van der Waals surface area contributed by atoms with Crippen molar-refractivity contribution in [3.05, 3.63) is 60.4 Å². The fourth-order valence-electron chi connectivity index (χ4n) is 2.25. The van der Waals surface area contributed by atoms with Crippen LogP contribution in [-0.2, 0) is 0 Å². The van der Waals surface area contributed by atoms with Gasteiger partial charge in [-0.2, -0.15) is 0 Å². The number of fused-ring (bicyclic) bond motifs is 2. The predicted molar refractivity (Wildman–Crippen MR) is 81.7 cm³/mol. The van der Waals surface area contributed by atoms with Gasteiger partial charge in [0, 0.05) is 58.0 Å². The third kappa shape index (κ3) is 2.40. The molecule has 0 saturated carbocycles. The van der Waals surface area contributed by atoms with Crippen LogP contribution in [0.5, 0.6) is 0 Å². The molecular weight excluding hydrogens is 248 g/mol. The highest BCUT2D eigenvalue weighted by Gasteiger charge is 1.95. The number of pyridine rings is 2. The second-order valence-corrected chi connectivity index (χ2v) is 4.75. The number of H-pyrrole nitrogens is 2. The molecule has 0 radical (unpaired) electrons.